The molecule has 0 bridgehead atoms. The highest BCUT2D eigenvalue weighted by atomic mass is 32.2. The van der Waals surface area contributed by atoms with E-state index in [1.165, 1.54) is 55.2 Å². The number of carbonyl (C=O) groups is 2. The van der Waals surface area contributed by atoms with Gasteiger partial charge >= 0.3 is 12.0 Å². The summed E-state index contributed by atoms with van der Waals surface area (Å²) < 4.78 is -0.135. The van der Waals surface area contributed by atoms with E-state index in [-0.39, 0.29) is 6.03 Å². The van der Waals surface area contributed by atoms with E-state index in [4.69, 9.17) is 0 Å². The van der Waals surface area contributed by atoms with Crippen molar-refractivity contribution in [1.29, 1.82) is 0 Å². The van der Waals surface area contributed by atoms with Gasteiger partial charge in [-0.15, -0.1) is 0 Å². The van der Waals surface area contributed by atoms with Crippen LogP contribution in [0.25, 0.3) is 0 Å². The first-order valence-electron chi connectivity index (χ1n) is 10.7. The van der Waals surface area contributed by atoms with Gasteiger partial charge in [0.2, 0.25) is 0 Å². The zero-order chi connectivity index (χ0) is 21.0. The Balaban J connectivity index is 1.69. The Hall–Kier alpha value is -1.28. The van der Waals surface area contributed by atoms with Crippen LogP contribution < -0.4 is 5.32 Å². The van der Waals surface area contributed by atoms with E-state index in [1.54, 1.807) is 20.0 Å². The van der Waals surface area contributed by atoms with Crippen LogP contribution in [0, 0.1) is 5.92 Å². The topological polar surface area (TPSA) is 82.5 Å². The van der Waals surface area contributed by atoms with Crippen molar-refractivity contribution in [2.45, 2.75) is 99.6 Å². The van der Waals surface area contributed by atoms with Gasteiger partial charge in [0.1, 0.15) is 4.75 Å². The number of nitrogens with one attached hydrogen (secondary N) is 1. The van der Waals surface area contributed by atoms with Crippen molar-refractivity contribution in [3.05, 3.63) is 6.20 Å². The molecule has 2 N–H and O–H groups in total. The van der Waals surface area contributed by atoms with Gasteiger partial charge in [-0.05, 0) is 58.3 Å². The zero-order valence-corrected chi connectivity index (χ0v) is 19.3. The molecule has 0 unspecified atom stereocenters. The summed E-state index contributed by atoms with van der Waals surface area (Å²) in [5.74, 6) is -0.116. The molecule has 1 aromatic rings. The minimum atomic E-state index is -0.930. The van der Waals surface area contributed by atoms with Crippen molar-refractivity contribution >= 4 is 40.2 Å². The third-order valence-electron chi connectivity index (χ3n) is 6.15. The van der Waals surface area contributed by atoms with Crippen LogP contribution in [0.15, 0.2) is 10.4 Å². The molecule has 6 nitrogen and oxygen atoms in total. The highest BCUT2D eigenvalue weighted by molar-refractivity contribution is 8.03. The Morgan fingerprint density at radius 1 is 1.14 bits per heavy atom. The number of nitrogens with zero attached hydrogens (tertiary/aromatic N) is 2. The molecule has 8 heteroatoms. The highest BCUT2D eigenvalue weighted by Crippen LogP contribution is 2.38. The van der Waals surface area contributed by atoms with Gasteiger partial charge in [-0.2, -0.15) is 0 Å². The maximum atomic E-state index is 13.3. The van der Waals surface area contributed by atoms with Crippen LogP contribution in [0.5, 0.6) is 0 Å². The first-order valence-corrected chi connectivity index (χ1v) is 12.4. The number of thiazole rings is 1. The number of urea groups is 1. The van der Waals surface area contributed by atoms with Gasteiger partial charge in [-0.1, -0.05) is 49.3 Å². The Morgan fingerprint density at radius 3 is 2.38 bits per heavy atom. The highest BCUT2D eigenvalue weighted by Gasteiger charge is 2.34. The van der Waals surface area contributed by atoms with E-state index in [9.17, 15) is 14.7 Å². The third-order valence-corrected chi connectivity index (χ3v) is 8.35. The summed E-state index contributed by atoms with van der Waals surface area (Å²) in [6, 6.07) is 0.593. The fraction of sp³-hybridized carbons (Fsp3) is 0.762. The molecule has 3 rings (SSSR count). The molecule has 29 heavy (non-hydrogen) atoms. The van der Waals surface area contributed by atoms with Crippen LogP contribution in [0.1, 0.15) is 78.6 Å². The van der Waals surface area contributed by atoms with Crippen LogP contribution >= 0.6 is 23.1 Å². The normalized spacial score (nSPS) is 23.6. The number of carboxylic acid groups (broad SMARTS) is 1. The first-order chi connectivity index (χ1) is 13.8. The molecule has 1 aromatic heterocycles. The molecule has 0 spiro atoms. The molecule has 162 valence electrons. The van der Waals surface area contributed by atoms with Gasteiger partial charge in [-0.3, -0.25) is 10.1 Å². The van der Waals surface area contributed by atoms with E-state index in [0.717, 1.165) is 35.8 Å². The number of thioether (sulfide) groups is 1. The zero-order valence-electron chi connectivity index (χ0n) is 17.6. The number of aromatic nitrogens is 1. The average molecular weight is 440 g/mol. The fourth-order valence-corrected chi connectivity index (χ4v) is 6.59. The third kappa shape index (κ3) is 5.87. The van der Waals surface area contributed by atoms with Gasteiger partial charge in [0.25, 0.3) is 0 Å². The smallest absolute Gasteiger partial charge is 0.324 e. The van der Waals surface area contributed by atoms with Crippen LogP contribution in [-0.4, -0.2) is 43.8 Å². The summed E-state index contributed by atoms with van der Waals surface area (Å²) >= 11 is 2.60. The summed E-state index contributed by atoms with van der Waals surface area (Å²) in [6.45, 7) is 5.65. The van der Waals surface area contributed by atoms with Crippen LogP contribution in [0.3, 0.4) is 0 Å². The number of hydrogen-bond acceptors (Lipinski definition) is 5. The number of carboxylic acids is 1. The molecule has 2 amide bonds. The van der Waals surface area contributed by atoms with Gasteiger partial charge in [-0.25, -0.2) is 9.78 Å². The molecule has 0 aromatic carbocycles. The lowest BCUT2D eigenvalue weighted by Crippen LogP contribution is -2.51. The molecule has 0 aliphatic heterocycles. The van der Waals surface area contributed by atoms with Gasteiger partial charge in [0.05, 0.1) is 10.4 Å². The van der Waals surface area contributed by atoms with Gasteiger partial charge in [0.15, 0.2) is 5.13 Å². The predicted molar refractivity (Wildman–Crippen MR) is 119 cm³/mol. The van der Waals surface area contributed by atoms with Crippen molar-refractivity contribution < 1.29 is 14.7 Å². The minimum absolute atomic E-state index is 0.0418. The number of amides is 2. The quantitative estimate of drug-likeness (QED) is 0.544. The largest absolute Gasteiger partial charge is 0.480 e. The Bertz CT molecular complexity index is 708. The van der Waals surface area contributed by atoms with Crippen molar-refractivity contribution in [2.75, 3.05) is 5.32 Å². The summed E-state index contributed by atoms with van der Waals surface area (Å²) in [4.78, 5) is 31.1. The standard InChI is InChI=1S/C21H33N3O3S2/c1-14-9-11-16(12-10-14)24(15-7-5-4-6-8-15)20(27)23-19-22-13-17(28-19)29-21(2,3)18(25)26/h13-16H,4-12H2,1-3H3,(H,25,26)(H,22,23,27). The van der Waals surface area contributed by atoms with E-state index in [1.807, 2.05) is 0 Å². The van der Waals surface area contributed by atoms with Gasteiger partial charge in [0, 0.05) is 12.1 Å². The summed E-state index contributed by atoms with van der Waals surface area (Å²) in [6.07, 6.45) is 12.0. The summed E-state index contributed by atoms with van der Waals surface area (Å²) in [5, 5.41) is 12.9. The number of carbonyl (C=O) groups excluding carboxylic acids is 1. The molecule has 0 saturated heterocycles. The molecular formula is C21H33N3O3S2. The number of aliphatic carboxylic acids is 1. The minimum Gasteiger partial charge on any atom is -0.480 e. The first kappa shape index (κ1) is 22.4. The molecule has 2 saturated carbocycles. The second-order valence-electron chi connectivity index (χ2n) is 8.94. The number of rotatable bonds is 6. The second kappa shape index (κ2) is 9.69. The summed E-state index contributed by atoms with van der Waals surface area (Å²) in [7, 11) is 0. The molecule has 0 atom stereocenters. The van der Waals surface area contributed by atoms with Crippen molar-refractivity contribution in [3.8, 4) is 0 Å². The van der Waals surface area contributed by atoms with Crippen LogP contribution in [0.4, 0.5) is 9.93 Å². The van der Waals surface area contributed by atoms with Crippen molar-refractivity contribution in [3.63, 3.8) is 0 Å². The van der Waals surface area contributed by atoms with Crippen LogP contribution in [-0.2, 0) is 4.79 Å². The molecule has 1 heterocycles. The molecular weight excluding hydrogens is 406 g/mol. The fourth-order valence-electron chi connectivity index (χ4n) is 4.33. The van der Waals surface area contributed by atoms with E-state index in [2.05, 4.69) is 22.1 Å². The number of anilines is 1. The van der Waals surface area contributed by atoms with Crippen molar-refractivity contribution in [1.82, 2.24) is 9.88 Å². The van der Waals surface area contributed by atoms with E-state index in [0.29, 0.717) is 17.2 Å². The maximum absolute atomic E-state index is 13.3. The monoisotopic (exact) mass is 439 g/mol. The van der Waals surface area contributed by atoms with Crippen molar-refractivity contribution in [2.24, 2.45) is 5.92 Å². The predicted octanol–water partition coefficient (Wildman–Crippen LogP) is 5.84. The SMILES string of the molecule is CC1CCC(N(C(=O)Nc2ncc(SC(C)(C)C(=O)O)s2)C2CCCCC2)CC1. The Labute approximate surface area is 181 Å². The second-order valence-corrected chi connectivity index (χ2v) is 11.9. The lowest BCUT2D eigenvalue weighted by atomic mass is 9.84. The summed E-state index contributed by atoms with van der Waals surface area (Å²) in [5.41, 5.74) is 0. The lowest BCUT2D eigenvalue weighted by Gasteiger charge is -2.42. The Morgan fingerprint density at radius 2 is 1.76 bits per heavy atom. The maximum Gasteiger partial charge on any atom is 0.324 e. The molecule has 0 radical (unpaired) electrons. The average Bonchev–Trinajstić information content (AvgIpc) is 3.10. The number of hydrogen-bond donors (Lipinski definition) is 2. The van der Waals surface area contributed by atoms with Crippen LogP contribution in [0.2, 0.25) is 0 Å². The van der Waals surface area contributed by atoms with Gasteiger partial charge < -0.3 is 10.0 Å². The Kier molecular flexibility index (Phi) is 7.48. The van der Waals surface area contributed by atoms with E-state index >= 15 is 0 Å². The molecule has 2 aliphatic carbocycles. The molecule has 2 aliphatic rings. The van der Waals surface area contributed by atoms with E-state index < -0.39 is 10.7 Å². The lowest BCUT2D eigenvalue weighted by molar-refractivity contribution is -0.138. The molecule has 2 fully saturated rings.